The van der Waals surface area contributed by atoms with E-state index in [1.165, 1.54) is 24.0 Å². The number of nitrogens with zero attached hydrogens (tertiary/aromatic N) is 1. The lowest BCUT2D eigenvalue weighted by molar-refractivity contribution is -0.0429. The van der Waals surface area contributed by atoms with Crippen molar-refractivity contribution in [1.29, 1.82) is 0 Å². The molecule has 0 aliphatic heterocycles. The van der Waals surface area contributed by atoms with E-state index in [4.69, 9.17) is 11.6 Å². The highest BCUT2D eigenvalue weighted by atomic mass is 35.5. The van der Waals surface area contributed by atoms with Crippen molar-refractivity contribution in [3.8, 4) is 0 Å². The van der Waals surface area contributed by atoms with Crippen LogP contribution in [0.1, 0.15) is 18.9 Å². The van der Waals surface area contributed by atoms with E-state index < -0.39 is 15.5 Å². The number of nitrogens with one attached hydrogen (secondary N) is 1. The topological polar surface area (TPSA) is 67.8 Å². The van der Waals surface area contributed by atoms with Gasteiger partial charge in [-0.15, -0.1) is 0 Å². The van der Waals surface area contributed by atoms with Gasteiger partial charge in [0.25, 0.3) is 0 Å². The fourth-order valence-corrected chi connectivity index (χ4v) is 2.22. The Hall–Kier alpha value is -1.48. The van der Waals surface area contributed by atoms with Crippen LogP contribution in [0.15, 0.2) is 23.4 Å². The van der Waals surface area contributed by atoms with E-state index in [-0.39, 0.29) is 22.0 Å². The molecule has 1 aromatic carbocycles. The van der Waals surface area contributed by atoms with Crippen LogP contribution in [0, 0.1) is 0 Å². The first-order chi connectivity index (χ1) is 9.62. The van der Waals surface area contributed by atoms with Crippen LogP contribution in [-0.2, 0) is 14.9 Å². The van der Waals surface area contributed by atoms with Gasteiger partial charge < -0.3 is 4.84 Å². The molecule has 5 nitrogen and oxygen atoms in total. The minimum absolute atomic E-state index is 0.111. The van der Waals surface area contributed by atoms with Crippen molar-refractivity contribution >= 4 is 33.0 Å². The highest BCUT2D eigenvalue weighted by Crippen LogP contribution is 2.29. The SMILES string of the molecule is CC/C(=N\OC)c1cc(Cl)ccc1NS(=O)(=O)C(F)(F)F. The van der Waals surface area contributed by atoms with Gasteiger partial charge in [-0.25, -0.2) is 0 Å². The van der Waals surface area contributed by atoms with E-state index in [0.29, 0.717) is 6.42 Å². The summed E-state index contributed by atoms with van der Waals surface area (Å²) >= 11 is 5.78. The molecule has 10 heteroatoms. The van der Waals surface area contributed by atoms with Crippen molar-refractivity contribution in [3.63, 3.8) is 0 Å². The highest BCUT2D eigenvalue weighted by Gasteiger charge is 2.46. The quantitative estimate of drug-likeness (QED) is 0.658. The summed E-state index contributed by atoms with van der Waals surface area (Å²) < 4.78 is 61.1. The summed E-state index contributed by atoms with van der Waals surface area (Å²) in [6, 6.07) is 3.69. The van der Waals surface area contributed by atoms with Gasteiger partial charge in [0.05, 0.1) is 11.4 Å². The molecule has 0 heterocycles. The van der Waals surface area contributed by atoms with Crippen molar-refractivity contribution in [2.75, 3.05) is 11.8 Å². The van der Waals surface area contributed by atoms with Crippen LogP contribution in [0.2, 0.25) is 5.02 Å². The lowest BCUT2D eigenvalue weighted by Crippen LogP contribution is -2.30. The first-order valence-corrected chi connectivity index (χ1v) is 7.47. The minimum atomic E-state index is -5.53. The zero-order valence-electron chi connectivity index (χ0n) is 11.0. The van der Waals surface area contributed by atoms with Crippen molar-refractivity contribution < 1.29 is 26.4 Å². The lowest BCUT2D eigenvalue weighted by Gasteiger charge is -2.15. The van der Waals surface area contributed by atoms with Crippen LogP contribution < -0.4 is 4.72 Å². The van der Waals surface area contributed by atoms with Gasteiger partial charge >= 0.3 is 15.5 Å². The van der Waals surface area contributed by atoms with Crippen molar-refractivity contribution in [2.24, 2.45) is 5.16 Å². The van der Waals surface area contributed by atoms with Crippen LogP contribution >= 0.6 is 11.6 Å². The van der Waals surface area contributed by atoms with Crippen LogP contribution in [0.4, 0.5) is 18.9 Å². The Morgan fingerprint density at radius 1 is 1.43 bits per heavy atom. The van der Waals surface area contributed by atoms with Crippen LogP contribution in [0.3, 0.4) is 0 Å². The second-order valence-corrected chi connectivity index (χ2v) is 5.93. The minimum Gasteiger partial charge on any atom is -0.399 e. The molecule has 0 atom stereocenters. The summed E-state index contributed by atoms with van der Waals surface area (Å²) in [5.41, 5.74) is -5.34. The number of hydrogen-bond donors (Lipinski definition) is 1. The van der Waals surface area contributed by atoms with Crippen molar-refractivity contribution in [3.05, 3.63) is 28.8 Å². The average molecular weight is 345 g/mol. The molecule has 0 radical (unpaired) electrons. The number of rotatable bonds is 5. The highest BCUT2D eigenvalue weighted by molar-refractivity contribution is 7.93. The van der Waals surface area contributed by atoms with E-state index in [1.807, 2.05) is 0 Å². The van der Waals surface area contributed by atoms with E-state index >= 15 is 0 Å². The zero-order chi connectivity index (χ0) is 16.3. The Balaban J connectivity index is 3.36. The summed E-state index contributed by atoms with van der Waals surface area (Å²) in [5.74, 6) is 0. The van der Waals surface area contributed by atoms with Gasteiger partial charge in [-0.3, -0.25) is 4.72 Å². The molecule has 1 aromatic rings. The predicted octanol–water partition coefficient (Wildman–Crippen LogP) is 3.36. The van der Waals surface area contributed by atoms with Crippen molar-refractivity contribution in [1.82, 2.24) is 0 Å². The Kier molecular flexibility index (Phi) is 5.46. The normalized spacial score (nSPS) is 13.1. The molecular formula is C11H12ClF3N2O3S. The Bertz CT molecular complexity index is 645. The second kappa shape index (κ2) is 6.52. The summed E-state index contributed by atoms with van der Waals surface area (Å²) in [6.07, 6.45) is 0.301. The monoisotopic (exact) mass is 344 g/mol. The molecule has 1 rings (SSSR count). The van der Waals surface area contributed by atoms with Gasteiger partial charge in [-0.2, -0.15) is 21.6 Å². The van der Waals surface area contributed by atoms with E-state index in [9.17, 15) is 21.6 Å². The van der Waals surface area contributed by atoms with Crippen LogP contribution in [0.5, 0.6) is 0 Å². The number of sulfonamides is 1. The van der Waals surface area contributed by atoms with Gasteiger partial charge in [-0.05, 0) is 24.6 Å². The fourth-order valence-electron chi connectivity index (χ4n) is 1.46. The van der Waals surface area contributed by atoms with Crippen molar-refractivity contribution in [2.45, 2.75) is 18.9 Å². The first kappa shape index (κ1) is 17.6. The molecule has 0 aliphatic carbocycles. The molecule has 0 saturated carbocycles. The molecule has 118 valence electrons. The molecule has 0 spiro atoms. The number of hydrogen-bond acceptors (Lipinski definition) is 4. The molecule has 0 amide bonds. The summed E-state index contributed by atoms with van der Waals surface area (Å²) in [4.78, 5) is 4.59. The first-order valence-electron chi connectivity index (χ1n) is 5.61. The predicted molar refractivity (Wildman–Crippen MR) is 73.9 cm³/mol. The average Bonchev–Trinajstić information content (AvgIpc) is 2.36. The standard InChI is InChI=1S/C11H12ClF3N2O3S/c1-3-9(16-20-2)8-6-7(12)4-5-10(8)17-21(18,19)11(13,14)15/h4-6,17H,3H2,1-2H3/b16-9+. The second-order valence-electron chi connectivity index (χ2n) is 3.82. The Morgan fingerprint density at radius 2 is 2.05 bits per heavy atom. The maximum atomic E-state index is 12.4. The third-order valence-electron chi connectivity index (χ3n) is 2.38. The molecule has 21 heavy (non-hydrogen) atoms. The molecule has 0 aliphatic rings. The van der Waals surface area contributed by atoms with E-state index in [0.717, 1.165) is 6.07 Å². The Morgan fingerprint density at radius 3 is 2.52 bits per heavy atom. The largest absolute Gasteiger partial charge is 0.516 e. The summed E-state index contributed by atoms with van der Waals surface area (Å²) in [6.45, 7) is 1.68. The molecule has 0 fully saturated rings. The molecule has 0 bridgehead atoms. The third-order valence-corrected chi connectivity index (χ3v) is 3.71. The number of benzene rings is 1. The van der Waals surface area contributed by atoms with Crippen LogP contribution in [-0.4, -0.2) is 26.7 Å². The van der Waals surface area contributed by atoms with Crippen LogP contribution in [0.25, 0.3) is 0 Å². The number of alkyl halides is 3. The van der Waals surface area contributed by atoms with E-state index in [1.54, 1.807) is 6.92 Å². The maximum Gasteiger partial charge on any atom is 0.516 e. The number of anilines is 1. The zero-order valence-corrected chi connectivity index (χ0v) is 12.6. The fraction of sp³-hybridized carbons (Fsp3) is 0.364. The van der Waals surface area contributed by atoms with Gasteiger partial charge in [0, 0.05) is 10.6 Å². The molecule has 0 saturated heterocycles. The number of halogens is 4. The lowest BCUT2D eigenvalue weighted by atomic mass is 10.1. The van der Waals surface area contributed by atoms with Gasteiger partial charge in [0.15, 0.2) is 0 Å². The summed E-state index contributed by atoms with van der Waals surface area (Å²) in [7, 11) is -4.27. The Labute approximate surface area is 124 Å². The van der Waals surface area contributed by atoms with Gasteiger partial charge in [0.1, 0.15) is 7.11 Å². The molecule has 0 unspecified atom stereocenters. The molecular weight excluding hydrogens is 333 g/mol. The smallest absolute Gasteiger partial charge is 0.399 e. The van der Waals surface area contributed by atoms with E-state index in [2.05, 4.69) is 9.99 Å². The molecule has 0 aromatic heterocycles. The van der Waals surface area contributed by atoms with Gasteiger partial charge in [0.2, 0.25) is 0 Å². The number of oxime groups is 1. The summed E-state index contributed by atoms with van der Waals surface area (Å²) in [5, 5.41) is 3.87. The van der Waals surface area contributed by atoms with Gasteiger partial charge in [-0.1, -0.05) is 23.7 Å². The third kappa shape index (κ3) is 4.24. The maximum absolute atomic E-state index is 12.4. The molecule has 1 N–H and O–H groups in total.